The Balaban J connectivity index is 1.53. The van der Waals surface area contributed by atoms with E-state index in [1.54, 1.807) is 11.3 Å². The van der Waals surface area contributed by atoms with Crippen LogP contribution in [0.4, 0.5) is 0 Å². The van der Waals surface area contributed by atoms with Crippen molar-refractivity contribution in [1.82, 2.24) is 10.3 Å². The molecule has 0 saturated carbocycles. The van der Waals surface area contributed by atoms with Crippen LogP contribution in [0.1, 0.15) is 12.5 Å². The maximum atomic E-state index is 12.2. The second-order valence-electron chi connectivity index (χ2n) is 5.38. The molecule has 0 aliphatic rings. The summed E-state index contributed by atoms with van der Waals surface area (Å²) >= 11 is 9.05. The number of thiazole rings is 1. The second kappa shape index (κ2) is 8.01. The van der Waals surface area contributed by atoms with Crippen molar-refractivity contribution in [3.05, 3.63) is 59.1 Å². The molecule has 1 heterocycles. The molecule has 1 amide bonds. The lowest BCUT2D eigenvalue weighted by atomic mass is 10.1. The van der Waals surface area contributed by atoms with Gasteiger partial charge in [0.25, 0.3) is 0 Å². The predicted molar refractivity (Wildman–Crippen MR) is 103 cm³/mol. The minimum Gasteiger partial charge on any atom is -0.355 e. The summed E-state index contributed by atoms with van der Waals surface area (Å²) in [5.41, 5.74) is 2.10. The maximum absolute atomic E-state index is 12.2. The topological polar surface area (TPSA) is 42.0 Å². The van der Waals surface area contributed by atoms with Gasteiger partial charge in [0.1, 0.15) is 0 Å². The smallest absolute Gasteiger partial charge is 0.233 e. The molecule has 0 fully saturated rings. The van der Waals surface area contributed by atoms with E-state index < -0.39 is 0 Å². The van der Waals surface area contributed by atoms with E-state index in [1.165, 1.54) is 17.3 Å². The molecule has 0 radical (unpaired) electrons. The third-order valence-electron chi connectivity index (χ3n) is 3.53. The Morgan fingerprint density at radius 1 is 1.29 bits per heavy atom. The molecule has 0 spiro atoms. The molecule has 3 nitrogen and oxygen atoms in total. The van der Waals surface area contributed by atoms with Crippen LogP contribution in [0.2, 0.25) is 5.02 Å². The molecule has 0 aliphatic carbocycles. The molecular formula is C18H17ClN2OS2. The van der Waals surface area contributed by atoms with Gasteiger partial charge in [-0.1, -0.05) is 53.7 Å². The van der Waals surface area contributed by atoms with Gasteiger partial charge in [-0.3, -0.25) is 4.79 Å². The van der Waals surface area contributed by atoms with Crippen LogP contribution in [-0.4, -0.2) is 22.7 Å². The van der Waals surface area contributed by atoms with Crippen LogP contribution in [0, 0.1) is 0 Å². The van der Waals surface area contributed by atoms with Gasteiger partial charge in [0.05, 0.1) is 15.5 Å². The highest BCUT2D eigenvalue weighted by atomic mass is 35.5. The van der Waals surface area contributed by atoms with Gasteiger partial charge < -0.3 is 5.32 Å². The van der Waals surface area contributed by atoms with Crippen molar-refractivity contribution < 1.29 is 4.79 Å². The Kier molecular flexibility index (Phi) is 5.76. The van der Waals surface area contributed by atoms with Crippen LogP contribution in [0.15, 0.2) is 52.9 Å². The summed E-state index contributed by atoms with van der Waals surface area (Å²) in [5.74, 6) is 0.0354. The van der Waals surface area contributed by atoms with Gasteiger partial charge in [0.2, 0.25) is 5.91 Å². The molecular weight excluding hydrogens is 360 g/mol. The third-order valence-corrected chi connectivity index (χ3v) is 6.00. The molecule has 0 aliphatic heterocycles. The van der Waals surface area contributed by atoms with Crippen LogP contribution < -0.4 is 5.32 Å². The van der Waals surface area contributed by atoms with E-state index in [1.807, 2.05) is 43.3 Å². The summed E-state index contributed by atoms with van der Waals surface area (Å²) in [6, 6.07) is 15.8. The monoisotopic (exact) mass is 376 g/mol. The van der Waals surface area contributed by atoms with E-state index >= 15 is 0 Å². The highest BCUT2D eigenvalue weighted by Crippen LogP contribution is 2.33. The highest BCUT2D eigenvalue weighted by molar-refractivity contribution is 8.02. The zero-order valence-corrected chi connectivity index (χ0v) is 15.5. The number of carbonyl (C=O) groups excluding carboxylic acids is 1. The molecule has 24 heavy (non-hydrogen) atoms. The fourth-order valence-corrected chi connectivity index (χ4v) is 4.64. The van der Waals surface area contributed by atoms with Gasteiger partial charge >= 0.3 is 0 Å². The molecule has 2 aromatic carbocycles. The molecule has 6 heteroatoms. The first-order chi connectivity index (χ1) is 11.6. The standard InChI is InChI=1S/C18H17ClN2OS2/c1-12(17(22)20-10-9-13-5-3-2-4-6-13)23-18-21-15-11-14(19)7-8-16(15)24-18/h2-8,11-12H,9-10H2,1H3,(H,20,22). The molecule has 1 N–H and O–H groups in total. The van der Waals surface area contributed by atoms with Gasteiger partial charge in [-0.15, -0.1) is 11.3 Å². The minimum atomic E-state index is -0.184. The number of halogens is 1. The van der Waals surface area contributed by atoms with E-state index in [-0.39, 0.29) is 11.2 Å². The number of nitrogens with one attached hydrogen (secondary N) is 1. The zero-order chi connectivity index (χ0) is 16.9. The average molecular weight is 377 g/mol. The number of rotatable bonds is 6. The molecule has 3 aromatic rings. The average Bonchev–Trinajstić information content (AvgIpc) is 2.97. The quantitative estimate of drug-likeness (QED) is 0.629. The Hall–Kier alpha value is -1.56. The number of benzene rings is 2. The van der Waals surface area contributed by atoms with Crippen molar-refractivity contribution in [3.8, 4) is 0 Å². The molecule has 1 atom stereocenters. The fraction of sp³-hybridized carbons (Fsp3) is 0.222. The summed E-state index contributed by atoms with van der Waals surface area (Å²) in [4.78, 5) is 16.8. The lowest BCUT2D eigenvalue weighted by Gasteiger charge is -2.10. The van der Waals surface area contributed by atoms with Crippen molar-refractivity contribution in [3.63, 3.8) is 0 Å². The van der Waals surface area contributed by atoms with Crippen LogP contribution in [0.5, 0.6) is 0 Å². The summed E-state index contributed by atoms with van der Waals surface area (Å²) in [6.45, 7) is 2.55. The lowest BCUT2D eigenvalue weighted by Crippen LogP contribution is -2.32. The third kappa shape index (κ3) is 4.50. The minimum absolute atomic E-state index is 0.0354. The van der Waals surface area contributed by atoms with Crippen molar-refractivity contribution >= 4 is 50.8 Å². The number of carbonyl (C=O) groups is 1. The molecule has 0 saturated heterocycles. The van der Waals surface area contributed by atoms with E-state index in [0.717, 1.165) is 21.0 Å². The predicted octanol–water partition coefficient (Wildman–Crippen LogP) is 4.79. The Labute approximate surface area is 154 Å². The number of nitrogens with zero attached hydrogens (tertiary/aromatic N) is 1. The van der Waals surface area contributed by atoms with Crippen molar-refractivity contribution in [1.29, 1.82) is 0 Å². The van der Waals surface area contributed by atoms with Crippen LogP contribution in [0.25, 0.3) is 10.2 Å². The van der Waals surface area contributed by atoms with E-state index in [4.69, 9.17) is 11.6 Å². The number of fused-ring (bicyclic) bond motifs is 1. The first-order valence-corrected chi connectivity index (χ1v) is 9.73. The van der Waals surface area contributed by atoms with E-state index in [0.29, 0.717) is 11.6 Å². The number of aromatic nitrogens is 1. The largest absolute Gasteiger partial charge is 0.355 e. The second-order valence-corrected chi connectivity index (χ2v) is 8.43. The molecule has 1 aromatic heterocycles. The van der Waals surface area contributed by atoms with E-state index in [9.17, 15) is 4.79 Å². The van der Waals surface area contributed by atoms with E-state index in [2.05, 4.69) is 22.4 Å². The summed E-state index contributed by atoms with van der Waals surface area (Å²) in [5, 5.41) is 3.48. The summed E-state index contributed by atoms with van der Waals surface area (Å²) < 4.78 is 1.97. The van der Waals surface area contributed by atoms with Gasteiger partial charge in [0, 0.05) is 11.6 Å². The SMILES string of the molecule is CC(Sc1nc2cc(Cl)ccc2s1)C(=O)NCCc1ccccc1. The fourth-order valence-electron chi connectivity index (χ4n) is 2.25. The summed E-state index contributed by atoms with van der Waals surface area (Å²) in [6.07, 6.45) is 0.837. The summed E-state index contributed by atoms with van der Waals surface area (Å²) in [7, 11) is 0. The van der Waals surface area contributed by atoms with Crippen molar-refractivity contribution in [2.45, 2.75) is 22.9 Å². The van der Waals surface area contributed by atoms with Crippen molar-refractivity contribution in [2.24, 2.45) is 0 Å². The van der Waals surface area contributed by atoms with Crippen molar-refractivity contribution in [2.75, 3.05) is 6.54 Å². The molecule has 3 rings (SSSR count). The van der Waals surface area contributed by atoms with Gasteiger partial charge in [0.15, 0.2) is 4.34 Å². The zero-order valence-electron chi connectivity index (χ0n) is 13.2. The first-order valence-electron chi connectivity index (χ1n) is 7.66. The van der Waals surface area contributed by atoms with Gasteiger partial charge in [-0.2, -0.15) is 0 Å². The Bertz CT molecular complexity index is 835. The number of thioether (sulfide) groups is 1. The first kappa shape index (κ1) is 17.3. The number of amides is 1. The molecule has 124 valence electrons. The molecule has 1 unspecified atom stereocenters. The normalized spacial score (nSPS) is 12.2. The lowest BCUT2D eigenvalue weighted by molar-refractivity contribution is -0.120. The Morgan fingerprint density at radius 2 is 2.08 bits per heavy atom. The Morgan fingerprint density at radius 3 is 2.88 bits per heavy atom. The van der Waals surface area contributed by atoms with Crippen LogP contribution in [-0.2, 0) is 11.2 Å². The number of hydrogen-bond donors (Lipinski definition) is 1. The number of hydrogen-bond acceptors (Lipinski definition) is 4. The van der Waals surface area contributed by atoms with Crippen LogP contribution in [0.3, 0.4) is 0 Å². The van der Waals surface area contributed by atoms with Crippen LogP contribution >= 0.6 is 34.7 Å². The molecule has 0 bridgehead atoms. The highest BCUT2D eigenvalue weighted by Gasteiger charge is 2.16. The van der Waals surface area contributed by atoms with Gasteiger partial charge in [-0.25, -0.2) is 4.98 Å². The maximum Gasteiger partial charge on any atom is 0.233 e. The van der Waals surface area contributed by atoms with Gasteiger partial charge in [-0.05, 0) is 37.1 Å².